The van der Waals surface area contributed by atoms with Crippen molar-refractivity contribution in [2.75, 3.05) is 20.1 Å². The Hall–Kier alpha value is -0.830. The number of amides is 1. The summed E-state index contributed by atoms with van der Waals surface area (Å²) in [5.74, 6) is 0. The van der Waals surface area contributed by atoms with Crippen molar-refractivity contribution in [2.45, 2.75) is 16.7 Å². The largest absolute Gasteiger partial charge is 0.444 e. The van der Waals surface area contributed by atoms with Crippen LogP contribution in [0.15, 0.2) is 16.3 Å². The first kappa shape index (κ1) is 14.6. The van der Waals surface area contributed by atoms with Crippen LogP contribution in [0.25, 0.3) is 0 Å². The molecule has 0 aromatic carbocycles. The Morgan fingerprint density at radius 2 is 2.32 bits per heavy atom. The van der Waals surface area contributed by atoms with E-state index in [0.717, 1.165) is 11.3 Å². The minimum atomic E-state index is -3.53. The fraction of sp³-hybridized carbons (Fsp3) is 0.500. The van der Waals surface area contributed by atoms with Crippen molar-refractivity contribution in [3.8, 4) is 0 Å². The van der Waals surface area contributed by atoms with Gasteiger partial charge in [-0.25, -0.2) is 17.9 Å². The first-order valence-electron chi connectivity index (χ1n) is 5.55. The van der Waals surface area contributed by atoms with Crippen molar-refractivity contribution in [1.29, 1.82) is 0 Å². The molecule has 1 atom stereocenters. The first-order chi connectivity index (χ1) is 8.88. The summed E-state index contributed by atoms with van der Waals surface area (Å²) in [5.41, 5.74) is 0. The van der Waals surface area contributed by atoms with Crippen LogP contribution >= 0.6 is 22.9 Å². The number of carbonyl (C=O) groups is 1. The molecule has 1 amide bonds. The highest BCUT2D eigenvalue weighted by Gasteiger charge is 2.28. The quantitative estimate of drug-likeness (QED) is 0.891. The monoisotopic (exact) mass is 324 g/mol. The van der Waals surface area contributed by atoms with Crippen molar-refractivity contribution in [1.82, 2.24) is 9.62 Å². The van der Waals surface area contributed by atoms with Gasteiger partial charge >= 0.3 is 6.09 Å². The molecule has 1 saturated heterocycles. The Labute approximate surface area is 120 Å². The van der Waals surface area contributed by atoms with E-state index in [1.165, 1.54) is 17.0 Å². The van der Waals surface area contributed by atoms with E-state index in [1.807, 2.05) is 0 Å². The molecule has 1 fully saturated rings. The first-order valence-corrected chi connectivity index (χ1v) is 8.23. The van der Waals surface area contributed by atoms with Crippen LogP contribution in [-0.4, -0.2) is 45.7 Å². The molecule has 2 rings (SSSR count). The molecule has 19 heavy (non-hydrogen) atoms. The molecule has 1 aromatic rings. The molecule has 2 heterocycles. The lowest BCUT2D eigenvalue weighted by molar-refractivity contribution is 0.131. The third kappa shape index (κ3) is 3.59. The maximum Gasteiger partial charge on any atom is 0.409 e. The summed E-state index contributed by atoms with van der Waals surface area (Å²) in [5, 5.41) is 0. The molecule has 0 spiro atoms. The number of likely N-dealkylation sites (N-methyl/N-ethyl adjacent to an activating group) is 1. The Bertz CT molecular complexity index is 572. The van der Waals surface area contributed by atoms with Crippen LogP contribution in [0.2, 0.25) is 4.34 Å². The lowest BCUT2D eigenvalue weighted by Gasteiger charge is -2.08. The van der Waals surface area contributed by atoms with Gasteiger partial charge in [-0.2, -0.15) is 0 Å². The van der Waals surface area contributed by atoms with Crippen LogP contribution in [0.4, 0.5) is 4.79 Å². The number of rotatable bonds is 5. The molecular formula is C10H13ClN2O4S2. The van der Waals surface area contributed by atoms with Crippen LogP contribution in [0, 0.1) is 0 Å². The number of nitrogens with one attached hydrogen (secondary N) is 1. The smallest absolute Gasteiger partial charge is 0.409 e. The zero-order valence-corrected chi connectivity index (χ0v) is 12.5. The normalized spacial score (nSPS) is 19.8. The summed E-state index contributed by atoms with van der Waals surface area (Å²) < 4.78 is 31.8. The average Bonchev–Trinajstić information content (AvgIpc) is 2.87. The minimum Gasteiger partial charge on any atom is -0.444 e. The molecule has 1 N–H and O–H groups in total. The Kier molecular flexibility index (Phi) is 4.34. The number of hydrogen-bond acceptors (Lipinski definition) is 5. The van der Waals surface area contributed by atoms with E-state index in [1.54, 1.807) is 7.05 Å². The summed E-state index contributed by atoms with van der Waals surface area (Å²) in [7, 11) is -1.89. The van der Waals surface area contributed by atoms with Gasteiger partial charge in [0.1, 0.15) is 10.3 Å². The van der Waals surface area contributed by atoms with Crippen molar-refractivity contribution in [3.05, 3.63) is 16.5 Å². The Morgan fingerprint density at radius 3 is 2.84 bits per heavy atom. The SMILES string of the molecule is CN1CC(CCNS(=O)(=O)c2ccc(Cl)s2)OC1=O. The van der Waals surface area contributed by atoms with E-state index >= 15 is 0 Å². The fourth-order valence-corrected chi connectivity index (χ4v) is 4.24. The highest BCUT2D eigenvalue weighted by atomic mass is 35.5. The number of halogens is 1. The lowest BCUT2D eigenvalue weighted by Crippen LogP contribution is -2.28. The molecule has 1 unspecified atom stereocenters. The molecule has 1 aromatic heterocycles. The predicted molar refractivity (Wildman–Crippen MR) is 72.0 cm³/mol. The van der Waals surface area contributed by atoms with Gasteiger partial charge in [-0.05, 0) is 18.6 Å². The predicted octanol–water partition coefficient (Wildman–Crippen LogP) is 1.52. The topological polar surface area (TPSA) is 75.7 Å². The third-order valence-electron chi connectivity index (χ3n) is 2.63. The van der Waals surface area contributed by atoms with Crippen LogP contribution in [0.3, 0.4) is 0 Å². The molecule has 6 nitrogen and oxygen atoms in total. The second-order valence-corrected chi connectivity index (χ2v) is 7.84. The van der Waals surface area contributed by atoms with Crippen molar-refractivity contribution >= 4 is 39.1 Å². The van der Waals surface area contributed by atoms with E-state index in [-0.39, 0.29) is 23.0 Å². The van der Waals surface area contributed by atoms with Gasteiger partial charge < -0.3 is 9.64 Å². The fourth-order valence-electron chi connectivity index (χ4n) is 1.67. The van der Waals surface area contributed by atoms with Gasteiger partial charge in [-0.3, -0.25) is 0 Å². The summed E-state index contributed by atoms with van der Waals surface area (Å²) >= 11 is 6.70. The average molecular weight is 325 g/mol. The Morgan fingerprint density at radius 1 is 1.58 bits per heavy atom. The van der Waals surface area contributed by atoms with Crippen LogP contribution < -0.4 is 4.72 Å². The van der Waals surface area contributed by atoms with Crippen LogP contribution in [-0.2, 0) is 14.8 Å². The zero-order chi connectivity index (χ0) is 14.0. The molecule has 106 valence electrons. The van der Waals surface area contributed by atoms with Gasteiger partial charge in [0.05, 0.1) is 10.9 Å². The van der Waals surface area contributed by atoms with Gasteiger partial charge in [0.25, 0.3) is 0 Å². The van der Waals surface area contributed by atoms with E-state index in [4.69, 9.17) is 16.3 Å². The molecule has 0 bridgehead atoms. The van der Waals surface area contributed by atoms with Crippen molar-refractivity contribution in [2.24, 2.45) is 0 Å². The highest BCUT2D eigenvalue weighted by Crippen LogP contribution is 2.25. The summed E-state index contributed by atoms with van der Waals surface area (Å²) in [4.78, 5) is 12.6. The lowest BCUT2D eigenvalue weighted by atomic mass is 10.2. The molecule has 0 aliphatic carbocycles. The zero-order valence-electron chi connectivity index (χ0n) is 10.1. The number of sulfonamides is 1. The van der Waals surface area contributed by atoms with Gasteiger partial charge in [0.2, 0.25) is 10.0 Å². The number of nitrogens with zero attached hydrogens (tertiary/aromatic N) is 1. The highest BCUT2D eigenvalue weighted by molar-refractivity contribution is 7.91. The number of hydrogen-bond donors (Lipinski definition) is 1. The molecule has 0 saturated carbocycles. The summed E-state index contributed by atoms with van der Waals surface area (Å²) in [6, 6.07) is 2.99. The second-order valence-electron chi connectivity index (χ2n) is 4.13. The van der Waals surface area contributed by atoms with Crippen LogP contribution in [0.1, 0.15) is 6.42 Å². The van der Waals surface area contributed by atoms with E-state index in [9.17, 15) is 13.2 Å². The third-order valence-corrected chi connectivity index (χ3v) is 5.81. The molecular weight excluding hydrogens is 312 g/mol. The van der Waals surface area contributed by atoms with E-state index in [2.05, 4.69) is 4.72 Å². The number of ether oxygens (including phenoxy) is 1. The number of carbonyl (C=O) groups excluding carboxylic acids is 1. The van der Waals surface area contributed by atoms with Crippen molar-refractivity contribution in [3.63, 3.8) is 0 Å². The summed E-state index contributed by atoms with van der Waals surface area (Å²) in [6.45, 7) is 0.690. The molecule has 9 heteroatoms. The van der Waals surface area contributed by atoms with Gasteiger partial charge in [0.15, 0.2) is 0 Å². The van der Waals surface area contributed by atoms with Gasteiger partial charge in [0, 0.05) is 13.6 Å². The standard InChI is InChI=1S/C10H13ClN2O4S2/c1-13-6-7(17-10(13)14)4-5-12-19(15,16)9-3-2-8(11)18-9/h2-3,7,12H,4-6H2,1H3. The molecule has 0 radical (unpaired) electrons. The van der Waals surface area contributed by atoms with Crippen molar-refractivity contribution < 1.29 is 17.9 Å². The maximum absolute atomic E-state index is 11.9. The summed E-state index contributed by atoms with van der Waals surface area (Å²) in [6.07, 6.45) is -0.209. The number of cyclic esters (lactones) is 1. The second kappa shape index (κ2) is 5.66. The Balaban J connectivity index is 1.84. The number of thiophene rings is 1. The molecule has 1 aliphatic rings. The van der Waals surface area contributed by atoms with Crippen LogP contribution in [0.5, 0.6) is 0 Å². The minimum absolute atomic E-state index is 0.179. The van der Waals surface area contributed by atoms with Gasteiger partial charge in [-0.1, -0.05) is 11.6 Å². The van der Waals surface area contributed by atoms with E-state index in [0.29, 0.717) is 17.3 Å². The van der Waals surface area contributed by atoms with E-state index < -0.39 is 10.0 Å². The van der Waals surface area contributed by atoms with Gasteiger partial charge in [-0.15, -0.1) is 11.3 Å². The maximum atomic E-state index is 11.9. The molecule has 1 aliphatic heterocycles.